The molecule has 2 N–H and O–H groups in total. The Hall–Kier alpha value is -1.99. The standard InChI is InChI=1S/C11H9ClN4/c12-11-5-9(2-1-8(11)6-13)14-7-10-3-4-15-16-10/h1-5,14H,7H2,(H,15,16). The molecule has 0 aliphatic rings. The van der Waals surface area contributed by atoms with E-state index >= 15 is 0 Å². The highest BCUT2D eigenvalue weighted by atomic mass is 35.5. The van der Waals surface area contributed by atoms with Crippen LogP contribution in [0, 0.1) is 11.3 Å². The van der Waals surface area contributed by atoms with E-state index in [1.807, 2.05) is 18.2 Å². The SMILES string of the molecule is N#Cc1ccc(NCc2ccn[nH]2)cc1Cl. The van der Waals surface area contributed by atoms with Gasteiger partial charge in [0.1, 0.15) is 6.07 Å². The van der Waals surface area contributed by atoms with E-state index in [4.69, 9.17) is 16.9 Å². The normalized spacial score (nSPS) is 9.75. The van der Waals surface area contributed by atoms with E-state index in [2.05, 4.69) is 15.5 Å². The van der Waals surface area contributed by atoms with Crippen LogP contribution in [0.4, 0.5) is 5.69 Å². The lowest BCUT2D eigenvalue weighted by Crippen LogP contribution is -1.99. The van der Waals surface area contributed by atoms with Gasteiger partial charge < -0.3 is 5.32 Å². The van der Waals surface area contributed by atoms with Crippen molar-refractivity contribution in [3.05, 3.63) is 46.7 Å². The zero-order valence-electron chi connectivity index (χ0n) is 8.37. The van der Waals surface area contributed by atoms with E-state index in [1.54, 1.807) is 18.3 Å². The molecular weight excluding hydrogens is 224 g/mol. The van der Waals surface area contributed by atoms with Crippen LogP contribution < -0.4 is 5.32 Å². The average molecular weight is 233 g/mol. The number of benzene rings is 1. The average Bonchev–Trinajstić information content (AvgIpc) is 2.79. The van der Waals surface area contributed by atoms with E-state index in [-0.39, 0.29) is 0 Å². The van der Waals surface area contributed by atoms with Crippen LogP contribution in [-0.4, -0.2) is 10.2 Å². The predicted molar refractivity (Wildman–Crippen MR) is 62.1 cm³/mol. The van der Waals surface area contributed by atoms with Crippen molar-refractivity contribution in [3.8, 4) is 6.07 Å². The second-order valence-corrected chi connectivity index (χ2v) is 3.65. The molecule has 0 saturated carbocycles. The molecule has 16 heavy (non-hydrogen) atoms. The maximum atomic E-state index is 8.72. The molecule has 1 aromatic carbocycles. The summed E-state index contributed by atoms with van der Waals surface area (Å²) in [7, 11) is 0. The van der Waals surface area contributed by atoms with E-state index in [1.165, 1.54) is 0 Å². The maximum absolute atomic E-state index is 8.72. The molecule has 80 valence electrons. The van der Waals surface area contributed by atoms with Crippen LogP contribution in [0.1, 0.15) is 11.3 Å². The Morgan fingerprint density at radius 3 is 2.94 bits per heavy atom. The van der Waals surface area contributed by atoms with Gasteiger partial charge >= 0.3 is 0 Å². The third-order valence-electron chi connectivity index (χ3n) is 2.13. The third kappa shape index (κ3) is 2.33. The molecular formula is C11H9ClN4. The summed E-state index contributed by atoms with van der Waals surface area (Å²) in [6, 6.07) is 9.15. The molecule has 2 rings (SSSR count). The van der Waals surface area contributed by atoms with Gasteiger partial charge in [-0.25, -0.2) is 0 Å². The van der Waals surface area contributed by atoms with Crippen molar-refractivity contribution in [1.82, 2.24) is 10.2 Å². The number of H-pyrrole nitrogens is 1. The van der Waals surface area contributed by atoms with Gasteiger partial charge in [0.15, 0.2) is 0 Å². The molecule has 0 radical (unpaired) electrons. The van der Waals surface area contributed by atoms with Crippen molar-refractivity contribution in [3.63, 3.8) is 0 Å². The predicted octanol–water partition coefficient (Wildman–Crippen LogP) is 2.55. The lowest BCUT2D eigenvalue weighted by atomic mass is 10.2. The molecule has 4 nitrogen and oxygen atoms in total. The van der Waals surface area contributed by atoms with Crippen LogP contribution in [-0.2, 0) is 6.54 Å². The molecule has 0 bridgehead atoms. The number of halogens is 1. The fourth-order valence-corrected chi connectivity index (χ4v) is 1.52. The fraction of sp³-hybridized carbons (Fsp3) is 0.0909. The second-order valence-electron chi connectivity index (χ2n) is 3.24. The number of anilines is 1. The van der Waals surface area contributed by atoms with Crippen molar-refractivity contribution < 1.29 is 0 Å². The lowest BCUT2D eigenvalue weighted by Gasteiger charge is -2.05. The molecule has 5 heteroatoms. The Kier molecular flexibility index (Phi) is 3.08. The first-order chi connectivity index (χ1) is 7.79. The minimum atomic E-state index is 0.456. The zero-order valence-corrected chi connectivity index (χ0v) is 9.12. The van der Waals surface area contributed by atoms with Gasteiger partial charge in [0, 0.05) is 11.9 Å². The van der Waals surface area contributed by atoms with Crippen LogP contribution in [0.5, 0.6) is 0 Å². The minimum Gasteiger partial charge on any atom is -0.379 e. The number of hydrogen-bond donors (Lipinski definition) is 2. The molecule has 0 atom stereocenters. The summed E-state index contributed by atoms with van der Waals surface area (Å²) in [6.07, 6.45) is 1.70. The summed E-state index contributed by atoms with van der Waals surface area (Å²) in [4.78, 5) is 0. The van der Waals surface area contributed by atoms with Crippen LogP contribution in [0.3, 0.4) is 0 Å². The fourth-order valence-electron chi connectivity index (χ4n) is 1.30. The molecule has 0 aliphatic heterocycles. The highest BCUT2D eigenvalue weighted by Gasteiger charge is 2.01. The van der Waals surface area contributed by atoms with Gasteiger partial charge in [-0.2, -0.15) is 10.4 Å². The number of aromatic nitrogens is 2. The van der Waals surface area contributed by atoms with Gasteiger partial charge in [-0.3, -0.25) is 5.10 Å². The number of nitriles is 1. The summed E-state index contributed by atoms with van der Waals surface area (Å²) in [5.74, 6) is 0. The zero-order chi connectivity index (χ0) is 11.4. The van der Waals surface area contributed by atoms with Crippen molar-refractivity contribution in [2.75, 3.05) is 5.32 Å². The Labute approximate surface area is 97.9 Å². The summed E-state index contributed by atoms with van der Waals surface area (Å²) < 4.78 is 0. The molecule has 0 aliphatic carbocycles. The summed E-state index contributed by atoms with van der Waals surface area (Å²) in [6.45, 7) is 0.641. The number of hydrogen-bond acceptors (Lipinski definition) is 3. The largest absolute Gasteiger partial charge is 0.379 e. The molecule has 1 heterocycles. The smallest absolute Gasteiger partial charge is 0.101 e. The molecule has 0 amide bonds. The summed E-state index contributed by atoms with van der Waals surface area (Å²) >= 11 is 5.91. The van der Waals surface area contributed by atoms with E-state index < -0.39 is 0 Å². The van der Waals surface area contributed by atoms with Crippen molar-refractivity contribution >= 4 is 17.3 Å². The molecule has 1 aromatic heterocycles. The van der Waals surface area contributed by atoms with Gasteiger partial charge in [-0.1, -0.05) is 11.6 Å². The van der Waals surface area contributed by atoms with Crippen molar-refractivity contribution in [2.45, 2.75) is 6.54 Å². The van der Waals surface area contributed by atoms with Crippen molar-refractivity contribution in [2.24, 2.45) is 0 Å². The topological polar surface area (TPSA) is 64.5 Å². The van der Waals surface area contributed by atoms with Crippen LogP contribution in [0.25, 0.3) is 0 Å². The third-order valence-corrected chi connectivity index (χ3v) is 2.44. The first kappa shape index (κ1) is 10.5. The number of nitrogens with zero attached hydrogens (tertiary/aromatic N) is 2. The second kappa shape index (κ2) is 4.69. The van der Waals surface area contributed by atoms with Crippen LogP contribution >= 0.6 is 11.6 Å². The first-order valence-corrected chi connectivity index (χ1v) is 5.09. The van der Waals surface area contributed by atoms with Gasteiger partial charge in [-0.15, -0.1) is 0 Å². The van der Waals surface area contributed by atoms with E-state index in [0.717, 1.165) is 11.4 Å². The Morgan fingerprint density at radius 1 is 1.44 bits per heavy atom. The van der Waals surface area contributed by atoms with E-state index in [9.17, 15) is 0 Å². The van der Waals surface area contributed by atoms with E-state index in [0.29, 0.717) is 17.1 Å². The van der Waals surface area contributed by atoms with Crippen molar-refractivity contribution in [1.29, 1.82) is 5.26 Å². The van der Waals surface area contributed by atoms with Crippen LogP contribution in [0.2, 0.25) is 5.02 Å². The lowest BCUT2D eigenvalue weighted by molar-refractivity contribution is 0.981. The highest BCUT2D eigenvalue weighted by Crippen LogP contribution is 2.20. The monoisotopic (exact) mass is 232 g/mol. The Balaban J connectivity index is 2.06. The number of nitrogens with one attached hydrogen (secondary N) is 2. The first-order valence-electron chi connectivity index (χ1n) is 4.71. The highest BCUT2D eigenvalue weighted by molar-refractivity contribution is 6.32. The molecule has 0 fully saturated rings. The molecule has 2 aromatic rings. The molecule has 0 saturated heterocycles. The summed E-state index contributed by atoms with van der Waals surface area (Å²) in [5, 5.41) is 19.0. The Bertz CT molecular complexity index is 513. The Morgan fingerprint density at radius 2 is 2.31 bits per heavy atom. The van der Waals surface area contributed by atoms with Crippen LogP contribution in [0.15, 0.2) is 30.5 Å². The number of aromatic amines is 1. The molecule has 0 spiro atoms. The van der Waals surface area contributed by atoms with Gasteiger partial charge in [-0.05, 0) is 24.3 Å². The molecule has 0 unspecified atom stereocenters. The summed E-state index contributed by atoms with van der Waals surface area (Å²) in [5.41, 5.74) is 2.34. The van der Waals surface area contributed by atoms with Gasteiger partial charge in [0.05, 0.1) is 22.8 Å². The quantitative estimate of drug-likeness (QED) is 0.855. The number of rotatable bonds is 3. The van der Waals surface area contributed by atoms with Gasteiger partial charge in [0.25, 0.3) is 0 Å². The maximum Gasteiger partial charge on any atom is 0.101 e. The van der Waals surface area contributed by atoms with Gasteiger partial charge in [0.2, 0.25) is 0 Å². The minimum absolute atomic E-state index is 0.456.